The van der Waals surface area contributed by atoms with E-state index >= 15 is 0 Å². The van der Waals surface area contributed by atoms with Crippen LogP contribution < -0.4 is 4.90 Å². The molecule has 24 heavy (non-hydrogen) atoms. The summed E-state index contributed by atoms with van der Waals surface area (Å²) >= 11 is 0. The maximum atomic E-state index is 13.2. The topological polar surface area (TPSA) is 55.8 Å². The summed E-state index contributed by atoms with van der Waals surface area (Å²) in [6, 6.07) is 7.91. The highest BCUT2D eigenvalue weighted by Crippen LogP contribution is 2.53. The van der Waals surface area contributed by atoms with Crippen LogP contribution in [0.4, 0.5) is 5.69 Å². The molecule has 5 nitrogen and oxygen atoms in total. The molecule has 2 fully saturated rings. The Morgan fingerprint density at radius 1 is 1.38 bits per heavy atom. The molecule has 1 unspecified atom stereocenters. The van der Waals surface area contributed by atoms with Gasteiger partial charge in [0, 0.05) is 5.69 Å². The summed E-state index contributed by atoms with van der Waals surface area (Å²) in [4.78, 5) is 27.3. The predicted octanol–water partition coefficient (Wildman–Crippen LogP) is 2.10. The molecule has 0 aliphatic carbocycles. The number of amides is 1. The molecule has 2 bridgehead atoms. The quantitative estimate of drug-likeness (QED) is 0.628. The molecule has 1 aromatic rings. The second-order valence-corrected chi connectivity index (χ2v) is 6.56. The van der Waals surface area contributed by atoms with E-state index in [9.17, 15) is 9.59 Å². The molecule has 5 heteroatoms. The van der Waals surface area contributed by atoms with Crippen LogP contribution >= 0.6 is 0 Å². The standard InChI is InChI=1S/C19H21NO4/c1-3-12-7-5-6-8-13(12)20-11-19-10-9-14(24-19)15(16(19)17(20)21)18(22)23-4-2/h5-10,14-16H,3-4,11H2,1-2H3/t14-,15?,16+,19-/m1/s1. The normalized spacial score (nSPS) is 33.2. The monoisotopic (exact) mass is 327 g/mol. The lowest BCUT2D eigenvalue weighted by atomic mass is 9.77. The molecule has 2 saturated heterocycles. The lowest BCUT2D eigenvalue weighted by Gasteiger charge is -2.23. The van der Waals surface area contributed by atoms with Gasteiger partial charge in [-0.05, 0) is 25.0 Å². The van der Waals surface area contributed by atoms with E-state index in [-0.39, 0.29) is 18.0 Å². The van der Waals surface area contributed by atoms with Crippen molar-refractivity contribution < 1.29 is 19.1 Å². The number of esters is 1. The van der Waals surface area contributed by atoms with Gasteiger partial charge in [0.15, 0.2) is 0 Å². The Hall–Kier alpha value is -2.14. The Morgan fingerprint density at radius 3 is 2.92 bits per heavy atom. The first-order valence-electron chi connectivity index (χ1n) is 8.54. The third-order valence-corrected chi connectivity index (χ3v) is 5.32. The summed E-state index contributed by atoms with van der Waals surface area (Å²) in [7, 11) is 0. The molecular formula is C19H21NO4. The van der Waals surface area contributed by atoms with Crippen molar-refractivity contribution in [3.8, 4) is 0 Å². The van der Waals surface area contributed by atoms with E-state index in [4.69, 9.17) is 9.47 Å². The van der Waals surface area contributed by atoms with Gasteiger partial charge < -0.3 is 14.4 Å². The third-order valence-electron chi connectivity index (χ3n) is 5.32. The van der Waals surface area contributed by atoms with Crippen molar-refractivity contribution in [2.45, 2.75) is 32.0 Å². The molecule has 3 aliphatic rings. The number of para-hydroxylation sites is 1. The Balaban J connectivity index is 1.71. The third kappa shape index (κ3) is 1.97. The summed E-state index contributed by atoms with van der Waals surface area (Å²) in [6.07, 6.45) is 4.37. The van der Waals surface area contributed by atoms with Crippen molar-refractivity contribution >= 4 is 17.6 Å². The summed E-state index contributed by atoms with van der Waals surface area (Å²) < 4.78 is 11.3. The van der Waals surface area contributed by atoms with Crippen molar-refractivity contribution in [2.75, 3.05) is 18.1 Å². The highest BCUT2D eigenvalue weighted by atomic mass is 16.6. The number of rotatable bonds is 4. The molecule has 4 atom stereocenters. The van der Waals surface area contributed by atoms with Gasteiger partial charge in [0.2, 0.25) is 5.91 Å². The predicted molar refractivity (Wildman–Crippen MR) is 88.5 cm³/mol. The average Bonchev–Trinajstić information content (AvgIpc) is 3.23. The van der Waals surface area contributed by atoms with E-state index in [1.807, 2.05) is 36.4 Å². The average molecular weight is 327 g/mol. The zero-order valence-electron chi connectivity index (χ0n) is 13.9. The fourth-order valence-corrected chi connectivity index (χ4v) is 4.28. The van der Waals surface area contributed by atoms with E-state index in [0.29, 0.717) is 13.2 Å². The summed E-state index contributed by atoms with van der Waals surface area (Å²) in [6.45, 7) is 4.61. The summed E-state index contributed by atoms with van der Waals surface area (Å²) in [5.41, 5.74) is 1.34. The van der Waals surface area contributed by atoms with Crippen molar-refractivity contribution in [2.24, 2.45) is 11.8 Å². The van der Waals surface area contributed by atoms with Crippen LogP contribution in [0.2, 0.25) is 0 Å². The van der Waals surface area contributed by atoms with Crippen molar-refractivity contribution in [3.63, 3.8) is 0 Å². The number of hydrogen-bond acceptors (Lipinski definition) is 4. The molecule has 1 spiro atoms. The van der Waals surface area contributed by atoms with Gasteiger partial charge in [-0.25, -0.2) is 0 Å². The number of fused-ring (bicyclic) bond motifs is 1. The van der Waals surface area contributed by atoms with Gasteiger partial charge in [0.1, 0.15) is 11.5 Å². The van der Waals surface area contributed by atoms with E-state index in [0.717, 1.165) is 17.7 Å². The Bertz CT molecular complexity index is 728. The van der Waals surface area contributed by atoms with Gasteiger partial charge in [-0.3, -0.25) is 9.59 Å². The van der Waals surface area contributed by atoms with Gasteiger partial charge in [-0.15, -0.1) is 0 Å². The highest BCUT2D eigenvalue weighted by molar-refractivity contribution is 6.03. The largest absolute Gasteiger partial charge is 0.466 e. The van der Waals surface area contributed by atoms with Gasteiger partial charge in [-0.1, -0.05) is 37.3 Å². The number of carbonyl (C=O) groups is 2. The van der Waals surface area contributed by atoms with E-state index in [1.165, 1.54) is 0 Å². The molecule has 0 aromatic heterocycles. The second-order valence-electron chi connectivity index (χ2n) is 6.56. The minimum atomic E-state index is -0.694. The van der Waals surface area contributed by atoms with Gasteiger partial charge in [0.05, 0.1) is 25.2 Å². The molecule has 1 amide bonds. The molecule has 3 aliphatic heterocycles. The number of carbonyl (C=O) groups excluding carboxylic acids is 2. The fourth-order valence-electron chi connectivity index (χ4n) is 4.28. The Kier molecular flexibility index (Phi) is 3.49. The van der Waals surface area contributed by atoms with Crippen molar-refractivity contribution in [1.29, 1.82) is 0 Å². The van der Waals surface area contributed by atoms with Gasteiger partial charge >= 0.3 is 5.97 Å². The van der Waals surface area contributed by atoms with Crippen LogP contribution in [0.3, 0.4) is 0 Å². The van der Waals surface area contributed by atoms with E-state index in [2.05, 4.69) is 6.92 Å². The highest BCUT2D eigenvalue weighted by Gasteiger charge is 2.67. The number of anilines is 1. The first-order valence-corrected chi connectivity index (χ1v) is 8.54. The lowest BCUT2D eigenvalue weighted by Crippen LogP contribution is -2.40. The van der Waals surface area contributed by atoms with E-state index < -0.39 is 17.4 Å². The number of hydrogen-bond donors (Lipinski definition) is 0. The first kappa shape index (κ1) is 15.4. The van der Waals surface area contributed by atoms with Crippen LogP contribution in [-0.2, 0) is 25.5 Å². The molecule has 4 rings (SSSR count). The number of ether oxygens (including phenoxy) is 2. The first-order chi connectivity index (χ1) is 11.6. The SMILES string of the molecule is CCOC(=O)C1[C@H]2C(=O)N(c3ccccc3CC)C[C@]23C=C[C@H]1O3. The van der Waals surface area contributed by atoms with Crippen LogP contribution in [0, 0.1) is 11.8 Å². The van der Waals surface area contributed by atoms with Crippen LogP contribution in [0.1, 0.15) is 19.4 Å². The fraction of sp³-hybridized carbons (Fsp3) is 0.474. The van der Waals surface area contributed by atoms with Gasteiger partial charge in [0.25, 0.3) is 0 Å². The number of benzene rings is 1. The molecule has 3 heterocycles. The van der Waals surface area contributed by atoms with Crippen LogP contribution in [0.15, 0.2) is 36.4 Å². The maximum absolute atomic E-state index is 13.2. The van der Waals surface area contributed by atoms with E-state index in [1.54, 1.807) is 11.8 Å². The summed E-state index contributed by atoms with van der Waals surface area (Å²) in [5.74, 6) is -1.41. The molecular weight excluding hydrogens is 306 g/mol. The molecule has 0 saturated carbocycles. The zero-order chi connectivity index (χ0) is 16.9. The molecule has 126 valence electrons. The van der Waals surface area contributed by atoms with Crippen LogP contribution in [-0.4, -0.2) is 36.7 Å². The zero-order valence-corrected chi connectivity index (χ0v) is 13.9. The molecule has 0 N–H and O–H groups in total. The smallest absolute Gasteiger partial charge is 0.312 e. The minimum Gasteiger partial charge on any atom is -0.466 e. The Morgan fingerprint density at radius 2 is 2.17 bits per heavy atom. The summed E-state index contributed by atoms with van der Waals surface area (Å²) in [5, 5.41) is 0. The molecule has 1 aromatic carbocycles. The lowest BCUT2D eigenvalue weighted by molar-refractivity contribution is -0.151. The molecule has 0 radical (unpaired) electrons. The minimum absolute atomic E-state index is 0.0409. The van der Waals surface area contributed by atoms with Crippen molar-refractivity contribution in [1.82, 2.24) is 0 Å². The van der Waals surface area contributed by atoms with Crippen LogP contribution in [0.25, 0.3) is 0 Å². The van der Waals surface area contributed by atoms with Crippen molar-refractivity contribution in [3.05, 3.63) is 42.0 Å². The second kappa shape index (κ2) is 5.45. The maximum Gasteiger partial charge on any atom is 0.312 e. The van der Waals surface area contributed by atoms with Crippen LogP contribution in [0.5, 0.6) is 0 Å². The Labute approximate surface area is 141 Å². The number of nitrogens with zero attached hydrogens (tertiary/aromatic N) is 1. The van der Waals surface area contributed by atoms with Gasteiger partial charge in [-0.2, -0.15) is 0 Å². The number of aryl methyl sites for hydroxylation is 1.